The number of aromatic amines is 1. The van der Waals surface area contributed by atoms with Gasteiger partial charge in [0.2, 0.25) is 6.79 Å². The molecule has 2 N–H and O–H groups in total. The molecule has 5 rings (SSSR count). The molecule has 0 unspecified atom stereocenters. The number of nitrogens with zero attached hydrogens (tertiary/aromatic N) is 3. The molecule has 29 heavy (non-hydrogen) atoms. The summed E-state index contributed by atoms with van der Waals surface area (Å²) >= 11 is 0. The number of amides is 1. The number of aliphatic hydroxyl groups excluding tert-OH is 1. The van der Waals surface area contributed by atoms with Crippen LogP contribution in [0.15, 0.2) is 42.6 Å². The number of aliphatic hydroxyl groups is 1. The third kappa shape index (κ3) is 3.15. The van der Waals surface area contributed by atoms with Crippen molar-refractivity contribution in [1.82, 2.24) is 19.7 Å². The Hall–Kier alpha value is -3.26. The predicted molar refractivity (Wildman–Crippen MR) is 105 cm³/mol. The molecular formula is C21H22N4O4. The Kier molecular flexibility index (Phi) is 4.28. The van der Waals surface area contributed by atoms with Crippen LogP contribution in [0.1, 0.15) is 28.4 Å². The topological polar surface area (TPSA) is 92.6 Å². The number of hydrogen-bond donors (Lipinski definition) is 2. The number of carbonyl (C=O) groups excluding carboxylic acids is 1. The maximum Gasteiger partial charge on any atom is 0.271 e. The van der Waals surface area contributed by atoms with E-state index in [4.69, 9.17) is 9.47 Å². The molecule has 8 heteroatoms. The second-order valence-corrected chi connectivity index (χ2v) is 7.50. The molecule has 8 nitrogen and oxygen atoms in total. The number of benzene rings is 1. The second-order valence-electron chi connectivity index (χ2n) is 7.50. The molecule has 3 aromatic rings. The summed E-state index contributed by atoms with van der Waals surface area (Å²) < 4.78 is 12.7. The lowest BCUT2D eigenvalue weighted by Crippen LogP contribution is -2.45. The fourth-order valence-corrected chi connectivity index (χ4v) is 4.11. The van der Waals surface area contributed by atoms with Crippen molar-refractivity contribution < 1.29 is 19.4 Å². The minimum atomic E-state index is -0.650. The zero-order valence-corrected chi connectivity index (χ0v) is 16.0. The van der Waals surface area contributed by atoms with Crippen LogP contribution in [-0.4, -0.2) is 56.7 Å². The van der Waals surface area contributed by atoms with Gasteiger partial charge in [-0.25, -0.2) is 0 Å². The van der Waals surface area contributed by atoms with Crippen molar-refractivity contribution in [2.24, 2.45) is 7.05 Å². The molecule has 2 atom stereocenters. The minimum Gasteiger partial charge on any atom is -0.454 e. The smallest absolute Gasteiger partial charge is 0.271 e. The molecule has 4 heterocycles. The third-order valence-electron chi connectivity index (χ3n) is 5.71. The summed E-state index contributed by atoms with van der Waals surface area (Å²) in [4.78, 5) is 14.6. The first-order valence-corrected chi connectivity index (χ1v) is 9.64. The van der Waals surface area contributed by atoms with Gasteiger partial charge in [0, 0.05) is 32.3 Å². The third-order valence-corrected chi connectivity index (χ3v) is 5.71. The van der Waals surface area contributed by atoms with Crippen LogP contribution in [0, 0.1) is 0 Å². The summed E-state index contributed by atoms with van der Waals surface area (Å²) in [6.07, 6.45) is 1.96. The highest BCUT2D eigenvalue weighted by atomic mass is 16.7. The Morgan fingerprint density at radius 1 is 1.24 bits per heavy atom. The SMILES string of the molecule is Cn1cccc1-c1cc(C(=O)N2CC[C@@H](c3ccc4c(c3)OCO4)[C@H](O)C2)[nH]n1. The molecule has 1 fully saturated rings. The highest BCUT2D eigenvalue weighted by molar-refractivity contribution is 5.93. The number of H-pyrrole nitrogens is 1. The molecule has 1 saturated heterocycles. The number of ether oxygens (including phenoxy) is 2. The summed E-state index contributed by atoms with van der Waals surface area (Å²) in [5.74, 6) is 1.23. The van der Waals surface area contributed by atoms with Gasteiger partial charge in [-0.1, -0.05) is 6.07 Å². The first-order valence-electron chi connectivity index (χ1n) is 9.64. The molecule has 2 aliphatic heterocycles. The quantitative estimate of drug-likeness (QED) is 0.710. The van der Waals surface area contributed by atoms with Crippen molar-refractivity contribution in [3.8, 4) is 22.9 Å². The van der Waals surface area contributed by atoms with E-state index in [2.05, 4.69) is 10.2 Å². The summed E-state index contributed by atoms with van der Waals surface area (Å²) in [5.41, 5.74) is 3.08. The van der Waals surface area contributed by atoms with Crippen LogP contribution in [0.3, 0.4) is 0 Å². The average molecular weight is 394 g/mol. The van der Waals surface area contributed by atoms with E-state index in [0.717, 1.165) is 22.7 Å². The van der Waals surface area contributed by atoms with Gasteiger partial charge in [-0.3, -0.25) is 9.89 Å². The lowest BCUT2D eigenvalue weighted by Gasteiger charge is -2.36. The van der Waals surface area contributed by atoms with Crippen molar-refractivity contribution in [1.29, 1.82) is 0 Å². The molecule has 0 spiro atoms. The largest absolute Gasteiger partial charge is 0.454 e. The van der Waals surface area contributed by atoms with Gasteiger partial charge in [0.15, 0.2) is 11.5 Å². The number of nitrogens with one attached hydrogen (secondary N) is 1. The standard InChI is InChI=1S/C21H22N4O4/c1-24-7-2-3-17(24)15-10-16(23-22-15)21(27)25-8-6-14(18(26)11-25)13-4-5-19-20(9-13)29-12-28-19/h2-5,7,9-10,14,18,26H,6,8,11-12H2,1H3,(H,22,23)/t14-,18+/m0/s1. The van der Waals surface area contributed by atoms with Crippen molar-refractivity contribution in [2.45, 2.75) is 18.4 Å². The van der Waals surface area contributed by atoms with Gasteiger partial charge in [-0.05, 0) is 42.3 Å². The second kappa shape index (κ2) is 6.97. The minimum absolute atomic E-state index is 0.0470. The summed E-state index contributed by atoms with van der Waals surface area (Å²) in [5, 5.41) is 17.8. The summed E-state index contributed by atoms with van der Waals surface area (Å²) in [6, 6.07) is 11.4. The molecule has 0 radical (unpaired) electrons. The summed E-state index contributed by atoms with van der Waals surface area (Å²) in [6.45, 7) is 1.06. The number of aromatic nitrogens is 3. The van der Waals surface area contributed by atoms with Crippen molar-refractivity contribution in [2.75, 3.05) is 19.9 Å². The van der Waals surface area contributed by atoms with Crippen LogP contribution in [-0.2, 0) is 7.05 Å². The van der Waals surface area contributed by atoms with Gasteiger partial charge in [0.25, 0.3) is 5.91 Å². The van der Waals surface area contributed by atoms with Crippen LogP contribution in [0.25, 0.3) is 11.4 Å². The average Bonchev–Trinajstić information content (AvgIpc) is 3.47. The number of piperidine rings is 1. The number of aryl methyl sites for hydroxylation is 1. The van der Waals surface area contributed by atoms with Gasteiger partial charge >= 0.3 is 0 Å². The first-order chi connectivity index (χ1) is 14.1. The van der Waals surface area contributed by atoms with E-state index in [1.165, 1.54) is 0 Å². The fourth-order valence-electron chi connectivity index (χ4n) is 4.11. The van der Waals surface area contributed by atoms with E-state index in [1.807, 2.05) is 48.1 Å². The number of fused-ring (bicyclic) bond motifs is 1. The van der Waals surface area contributed by atoms with Crippen molar-refractivity contribution >= 4 is 5.91 Å². The van der Waals surface area contributed by atoms with Gasteiger partial charge in [0.05, 0.1) is 11.8 Å². The Morgan fingerprint density at radius 2 is 2.10 bits per heavy atom. The Bertz CT molecular complexity index is 1060. The zero-order valence-electron chi connectivity index (χ0n) is 16.0. The molecule has 0 aliphatic carbocycles. The number of carbonyl (C=O) groups is 1. The number of hydrogen-bond acceptors (Lipinski definition) is 5. The number of β-amino-alcohol motifs (C(OH)–C–C–N with tert-alkyl or cyclic N) is 1. The highest BCUT2D eigenvalue weighted by Crippen LogP contribution is 2.37. The number of likely N-dealkylation sites (tertiary alicyclic amines) is 1. The van der Waals surface area contributed by atoms with Crippen molar-refractivity contribution in [3.63, 3.8) is 0 Å². The van der Waals surface area contributed by atoms with Crippen molar-refractivity contribution in [3.05, 3.63) is 53.9 Å². The van der Waals surface area contributed by atoms with Gasteiger partial charge < -0.3 is 24.0 Å². The molecule has 0 saturated carbocycles. The van der Waals surface area contributed by atoms with Crippen LogP contribution < -0.4 is 9.47 Å². The Balaban J connectivity index is 1.29. The van der Waals surface area contributed by atoms with E-state index in [9.17, 15) is 9.90 Å². The van der Waals surface area contributed by atoms with E-state index in [-0.39, 0.29) is 25.2 Å². The lowest BCUT2D eigenvalue weighted by atomic mass is 9.87. The molecular weight excluding hydrogens is 372 g/mol. The zero-order chi connectivity index (χ0) is 20.0. The Morgan fingerprint density at radius 3 is 2.90 bits per heavy atom. The van der Waals surface area contributed by atoms with E-state index in [1.54, 1.807) is 11.0 Å². The maximum absolute atomic E-state index is 12.9. The predicted octanol–water partition coefficient (Wildman–Crippen LogP) is 2.13. The first kappa shape index (κ1) is 17.8. The molecule has 2 aromatic heterocycles. The monoisotopic (exact) mass is 394 g/mol. The van der Waals surface area contributed by atoms with E-state index >= 15 is 0 Å². The normalized spacial score (nSPS) is 20.8. The van der Waals surface area contributed by atoms with E-state index < -0.39 is 6.10 Å². The molecule has 1 amide bonds. The fraction of sp³-hybridized carbons (Fsp3) is 0.333. The van der Waals surface area contributed by atoms with Gasteiger partial charge in [-0.2, -0.15) is 5.10 Å². The van der Waals surface area contributed by atoms with Gasteiger partial charge in [0.1, 0.15) is 11.4 Å². The Labute approximate surface area is 167 Å². The molecule has 2 aliphatic rings. The highest BCUT2D eigenvalue weighted by Gasteiger charge is 2.33. The summed E-state index contributed by atoms with van der Waals surface area (Å²) in [7, 11) is 1.93. The van der Waals surface area contributed by atoms with Crippen LogP contribution >= 0.6 is 0 Å². The molecule has 150 valence electrons. The van der Waals surface area contributed by atoms with Crippen LogP contribution in [0.4, 0.5) is 0 Å². The number of rotatable bonds is 3. The lowest BCUT2D eigenvalue weighted by molar-refractivity contribution is 0.0377. The maximum atomic E-state index is 12.9. The van der Waals surface area contributed by atoms with Gasteiger partial charge in [-0.15, -0.1) is 0 Å². The van der Waals surface area contributed by atoms with Crippen LogP contribution in [0.5, 0.6) is 11.5 Å². The van der Waals surface area contributed by atoms with Crippen LogP contribution in [0.2, 0.25) is 0 Å². The molecule has 0 bridgehead atoms. The van der Waals surface area contributed by atoms with E-state index in [0.29, 0.717) is 24.4 Å². The molecule has 1 aromatic carbocycles.